The van der Waals surface area contributed by atoms with E-state index < -0.39 is 0 Å². The van der Waals surface area contributed by atoms with Crippen molar-refractivity contribution in [3.8, 4) is 0 Å². The molecule has 0 fully saturated rings. The van der Waals surface area contributed by atoms with Gasteiger partial charge in [-0.3, -0.25) is 0 Å². The number of rotatable bonds is 5. The van der Waals surface area contributed by atoms with E-state index in [9.17, 15) is 0 Å². The maximum Gasteiger partial charge on any atom is 0.0322 e. The molecular formula is C14H23N. The Hall–Kier alpha value is -0.820. The predicted molar refractivity (Wildman–Crippen MR) is 67.2 cm³/mol. The minimum Gasteiger partial charge on any atom is -0.310 e. The van der Waals surface area contributed by atoms with Crippen molar-refractivity contribution in [3.63, 3.8) is 0 Å². The lowest BCUT2D eigenvalue weighted by atomic mass is 9.96. The van der Waals surface area contributed by atoms with Crippen LogP contribution < -0.4 is 5.32 Å². The van der Waals surface area contributed by atoms with E-state index in [0.29, 0.717) is 6.04 Å². The minimum atomic E-state index is 0.528. The normalized spacial score (nSPS) is 12.8. The van der Waals surface area contributed by atoms with E-state index in [1.165, 1.54) is 29.5 Å². The minimum absolute atomic E-state index is 0.528. The molecule has 1 rings (SSSR count). The molecule has 0 aliphatic rings. The van der Waals surface area contributed by atoms with Crippen molar-refractivity contribution < 1.29 is 0 Å². The molecule has 0 amide bonds. The lowest BCUT2D eigenvalue weighted by Crippen LogP contribution is -2.21. The van der Waals surface area contributed by atoms with E-state index >= 15 is 0 Å². The number of hydrogen-bond donors (Lipinski definition) is 1. The van der Waals surface area contributed by atoms with Crippen LogP contribution in [0.1, 0.15) is 49.4 Å². The maximum absolute atomic E-state index is 3.57. The first-order valence-electron chi connectivity index (χ1n) is 5.99. The highest BCUT2D eigenvalue weighted by atomic mass is 14.9. The molecule has 0 radical (unpaired) electrons. The summed E-state index contributed by atoms with van der Waals surface area (Å²) < 4.78 is 0. The van der Waals surface area contributed by atoms with Gasteiger partial charge in [0.15, 0.2) is 0 Å². The molecule has 0 aliphatic heterocycles. The molecule has 1 N–H and O–H groups in total. The molecule has 0 heterocycles. The first-order valence-corrected chi connectivity index (χ1v) is 5.99. The molecule has 1 aromatic rings. The molecule has 0 spiro atoms. The molecule has 15 heavy (non-hydrogen) atoms. The number of hydrogen-bond acceptors (Lipinski definition) is 1. The number of aryl methyl sites for hydroxylation is 2. The highest BCUT2D eigenvalue weighted by Gasteiger charge is 2.11. The Kier molecular flexibility index (Phi) is 4.83. The van der Waals surface area contributed by atoms with Gasteiger partial charge in [0.1, 0.15) is 0 Å². The summed E-state index contributed by atoms with van der Waals surface area (Å²) in [5.41, 5.74) is 4.23. The lowest BCUT2D eigenvalue weighted by Gasteiger charge is -2.20. The summed E-state index contributed by atoms with van der Waals surface area (Å²) in [4.78, 5) is 0. The molecule has 84 valence electrons. The second-order valence-corrected chi connectivity index (χ2v) is 4.26. The summed E-state index contributed by atoms with van der Waals surface area (Å²) >= 11 is 0. The van der Waals surface area contributed by atoms with Gasteiger partial charge in [0.05, 0.1) is 0 Å². The van der Waals surface area contributed by atoms with Gasteiger partial charge in [-0.25, -0.2) is 0 Å². The Morgan fingerprint density at radius 1 is 1.20 bits per heavy atom. The first kappa shape index (κ1) is 12.3. The Morgan fingerprint density at radius 3 is 2.53 bits per heavy atom. The zero-order chi connectivity index (χ0) is 11.3. The van der Waals surface area contributed by atoms with Crippen molar-refractivity contribution in [1.29, 1.82) is 0 Å². The Morgan fingerprint density at radius 2 is 1.93 bits per heavy atom. The maximum atomic E-state index is 3.57. The molecule has 0 aromatic heterocycles. The van der Waals surface area contributed by atoms with Crippen LogP contribution in [0.15, 0.2) is 18.2 Å². The first-order chi connectivity index (χ1) is 7.19. The van der Waals surface area contributed by atoms with Crippen molar-refractivity contribution >= 4 is 0 Å². The average Bonchev–Trinajstić information content (AvgIpc) is 2.21. The lowest BCUT2D eigenvalue weighted by molar-refractivity contribution is 0.507. The summed E-state index contributed by atoms with van der Waals surface area (Å²) in [6.45, 7) is 9.83. The second-order valence-electron chi connectivity index (χ2n) is 4.26. The van der Waals surface area contributed by atoms with Crippen molar-refractivity contribution in [1.82, 2.24) is 5.32 Å². The quantitative estimate of drug-likeness (QED) is 0.772. The van der Waals surface area contributed by atoms with Crippen LogP contribution in [0.4, 0.5) is 0 Å². The van der Waals surface area contributed by atoms with Gasteiger partial charge in [0.2, 0.25) is 0 Å². The van der Waals surface area contributed by atoms with Gasteiger partial charge >= 0.3 is 0 Å². The molecule has 0 aliphatic carbocycles. The van der Waals surface area contributed by atoms with Gasteiger partial charge in [-0.2, -0.15) is 0 Å². The summed E-state index contributed by atoms with van der Waals surface area (Å²) in [6.07, 6.45) is 2.45. The van der Waals surface area contributed by atoms with Crippen molar-refractivity contribution in [2.75, 3.05) is 6.54 Å². The topological polar surface area (TPSA) is 12.0 Å². The van der Waals surface area contributed by atoms with Crippen molar-refractivity contribution in [2.45, 2.75) is 46.6 Å². The van der Waals surface area contributed by atoms with Crippen LogP contribution >= 0.6 is 0 Å². The van der Waals surface area contributed by atoms with Gasteiger partial charge in [0.25, 0.3) is 0 Å². The van der Waals surface area contributed by atoms with E-state index in [4.69, 9.17) is 0 Å². The molecule has 0 saturated heterocycles. The summed E-state index contributed by atoms with van der Waals surface area (Å²) in [5, 5.41) is 3.57. The predicted octanol–water partition coefficient (Wildman–Crippen LogP) is 3.75. The van der Waals surface area contributed by atoms with E-state index in [1.54, 1.807) is 0 Å². The second kappa shape index (κ2) is 5.92. The van der Waals surface area contributed by atoms with E-state index in [-0.39, 0.29) is 0 Å². The average molecular weight is 205 g/mol. The van der Waals surface area contributed by atoms with Crippen LogP contribution in [0.5, 0.6) is 0 Å². The van der Waals surface area contributed by atoms with Crippen LogP contribution in [-0.4, -0.2) is 6.54 Å². The largest absolute Gasteiger partial charge is 0.310 e. The molecule has 1 nitrogen and oxygen atoms in total. The SMILES string of the molecule is CCCC(NCC)c1cc(C)ccc1C. The number of benzene rings is 1. The fourth-order valence-electron chi connectivity index (χ4n) is 2.04. The molecule has 1 unspecified atom stereocenters. The summed E-state index contributed by atoms with van der Waals surface area (Å²) in [6, 6.07) is 7.26. The third-order valence-electron chi connectivity index (χ3n) is 2.84. The van der Waals surface area contributed by atoms with Crippen LogP contribution in [-0.2, 0) is 0 Å². The van der Waals surface area contributed by atoms with E-state index in [2.05, 4.69) is 51.2 Å². The molecule has 1 atom stereocenters. The number of nitrogens with one attached hydrogen (secondary N) is 1. The van der Waals surface area contributed by atoms with E-state index in [0.717, 1.165) is 6.54 Å². The fourth-order valence-corrected chi connectivity index (χ4v) is 2.04. The summed E-state index contributed by atoms with van der Waals surface area (Å²) in [7, 11) is 0. The van der Waals surface area contributed by atoms with Crippen LogP contribution in [0.25, 0.3) is 0 Å². The highest BCUT2D eigenvalue weighted by molar-refractivity contribution is 5.32. The van der Waals surface area contributed by atoms with Crippen LogP contribution in [0.3, 0.4) is 0 Å². The molecule has 0 bridgehead atoms. The van der Waals surface area contributed by atoms with Gasteiger partial charge in [0, 0.05) is 6.04 Å². The van der Waals surface area contributed by atoms with Crippen molar-refractivity contribution in [3.05, 3.63) is 34.9 Å². The van der Waals surface area contributed by atoms with Gasteiger partial charge in [-0.05, 0) is 37.9 Å². The van der Waals surface area contributed by atoms with Crippen LogP contribution in [0, 0.1) is 13.8 Å². The van der Waals surface area contributed by atoms with Crippen LogP contribution in [0.2, 0.25) is 0 Å². The third kappa shape index (κ3) is 3.35. The standard InChI is InChI=1S/C14H23N/c1-5-7-14(15-6-2)13-10-11(3)8-9-12(13)4/h8-10,14-15H,5-7H2,1-4H3. The van der Waals surface area contributed by atoms with E-state index in [1.807, 2.05) is 0 Å². The van der Waals surface area contributed by atoms with Crippen molar-refractivity contribution in [2.24, 2.45) is 0 Å². The molecule has 1 aromatic carbocycles. The monoisotopic (exact) mass is 205 g/mol. The Labute approximate surface area is 93.9 Å². The Bertz CT molecular complexity index is 298. The fraction of sp³-hybridized carbons (Fsp3) is 0.571. The van der Waals surface area contributed by atoms with Gasteiger partial charge < -0.3 is 5.32 Å². The highest BCUT2D eigenvalue weighted by Crippen LogP contribution is 2.23. The summed E-state index contributed by atoms with van der Waals surface area (Å²) in [5.74, 6) is 0. The smallest absolute Gasteiger partial charge is 0.0322 e. The van der Waals surface area contributed by atoms with Gasteiger partial charge in [-0.1, -0.05) is 44.0 Å². The molecule has 1 heteroatoms. The zero-order valence-electron chi connectivity index (χ0n) is 10.4. The zero-order valence-corrected chi connectivity index (χ0v) is 10.4. The third-order valence-corrected chi connectivity index (χ3v) is 2.84. The Balaban J connectivity index is 2.93. The van der Waals surface area contributed by atoms with Gasteiger partial charge in [-0.15, -0.1) is 0 Å². The molecular weight excluding hydrogens is 182 g/mol. The molecule has 0 saturated carbocycles.